The first kappa shape index (κ1) is 14.2. The second kappa shape index (κ2) is 4.08. The SMILES string of the molecule is Cc1ccc(S(=O)(=O)OC2C3C(O)C4C5C=CC3C5(C)C24)cc1. The fraction of sp³-hybridized carbons (Fsp3) is 0.556. The fourth-order valence-corrected chi connectivity index (χ4v) is 7.18. The van der Waals surface area contributed by atoms with Crippen LogP contribution in [0.4, 0.5) is 0 Å². The van der Waals surface area contributed by atoms with Crippen molar-refractivity contribution >= 4 is 10.1 Å². The molecule has 4 aliphatic rings. The predicted molar refractivity (Wildman–Crippen MR) is 83.9 cm³/mol. The molecule has 1 aromatic rings. The number of hydrogen-bond acceptors (Lipinski definition) is 4. The second-order valence-corrected chi connectivity index (χ2v) is 9.37. The lowest BCUT2D eigenvalue weighted by molar-refractivity contribution is -0.157. The number of aryl methyl sites for hydroxylation is 1. The highest BCUT2D eigenvalue weighted by Gasteiger charge is 2.81. The summed E-state index contributed by atoms with van der Waals surface area (Å²) in [5, 5.41) is 10.6. The highest BCUT2D eigenvalue weighted by molar-refractivity contribution is 7.86. The molecule has 1 aromatic carbocycles. The van der Waals surface area contributed by atoms with Gasteiger partial charge >= 0.3 is 0 Å². The number of aliphatic hydroxyl groups is 1. The van der Waals surface area contributed by atoms with E-state index in [1.54, 1.807) is 24.3 Å². The zero-order valence-electron chi connectivity index (χ0n) is 13.1. The van der Waals surface area contributed by atoms with Crippen LogP contribution in [-0.4, -0.2) is 25.7 Å². The molecule has 0 aromatic heterocycles. The van der Waals surface area contributed by atoms with Crippen molar-refractivity contribution < 1.29 is 17.7 Å². The van der Waals surface area contributed by atoms with Crippen LogP contribution in [-0.2, 0) is 14.3 Å². The van der Waals surface area contributed by atoms with Crippen LogP contribution in [0, 0.1) is 41.9 Å². The van der Waals surface area contributed by atoms with E-state index in [2.05, 4.69) is 19.1 Å². The third-order valence-electron chi connectivity index (χ3n) is 6.99. The van der Waals surface area contributed by atoms with Gasteiger partial charge in [0.05, 0.1) is 17.1 Å². The molecular weight excluding hydrogens is 312 g/mol. The Labute approximate surface area is 136 Å². The van der Waals surface area contributed by atoms with Crippen LogP contribution in [0.2, 0.25) is 0 Å². The molecule has 1 N–H and O–H groups in total. The molecule has 0 amide bonds. The van der Waals surface area contributed by atoms with Gasteiger partial charge in [0.1, 0.15) is 0 Å². The van der Waals surface area contributed by atoms with Crippen LogP contribution in [0.15, 0.2) is 41.3 Å². The van der Waals surface area contributed by atoms with Crippen LogP contribution < -0.4 is 0 Å². The molecule has 0 aliphatic heterocycles. The van der Waals surface area contributed by atoms with Gasteiger partial charge in [-0.25, -0.2) is 0 Å². The van der Waals surface area contributed by atoms with Gasteiger partial charge < -0.3 is 5.11 Å². The average Bonchev–Trinajstić information content (AvgIpc) is 2.88. The summed E-state index contributed by atoms with van der Waals surface area (Å²) in [7, 11) is -3.79. The average molecular weight is 332 g/mol. The van der Waals surface area contributed by atoms with E-state index in [9.17, 15) is 13.5 Å². The third kappa shape index (κ3) is 1.47. The van der Waals surface area contributed by atoms with Crippen LogP contribution in [0.5, 0.6) is 0 Å². The van der Waals surface area contributed by atoms with Gasteiger partial charge in [0, 0.05) is 5.92 Å². The van der Waals surface area contributed by atoms with Crippen molar-refractivity contribution in [2.45, 2.75) is 31.0 Å². The van der Waals surface area contributed by atoms with E-state index >= 15 is 0 Å². The Morgan fingerprint density at radius 1 is 1.09 bits per heavy atom. The van der Waals surface area contributed by atoms with Crippen molar-refractivity contribution in [2.75, 3.05) is 0 Å². The first-order valence-electron chi connectivity index (χ1n) is 8.22. The second-order valence-electron chi connectivity index (χ2n) is 7.80. The summed E-state index contributed by atoms with van der Waals surface area (Å²) >= 11 is 0. The minimum absolute atomic E-state index is 0.0853. The molecule has 0 spiro atoms. The van der Waals surface area contributed by atoms with E-state index < -0.39 is 22.3 Å². The molecule has 4 nitrogen and oxygen atoms in total. The summed E-state index contributed by atoms with van der Waals surface area (Å²) < 4.78 is 30.9. The highest BCUT2D eigenvalue weighted by atomic mass is 32.2. The van der Waals surface area contributed by atoms with E-state index in [-0.39, 0.29) is 34.0 Å². The van der Waals surface area contributed by atoms with Gasteiger partial charge in [-0.1, -0.05) is 36.8 Å². The number of aliphatic hydroxyl groups excluding tert-OH is 1. The molecule has 0 heterocycles. The Balaban J connectivity index is 1.49. The Hall–Kier alpha value is -1.17. The molecule has 8 unspecified atom stereocenters. The van der Waals surface area contributed by atoms with E-state index in [1.807, 2.05) is 6.92 Å². The normalized spacial score (nSPS) is 48.7. The van der Waals surface area contributed by atoms with Crippen molar-refractivity contribution in [3.8, 4) is 0 Å². The van der Waals surface area contributed by atoms with Crippen LogP contribution in [0.3, 0.4) is 0 Å². The molecule has 4 aliphatic carbocycles. The molecule has 2 bridgehead atoms. The molecule has 5 rings (SSSR count). The van der Waals surface area contributed by atoms with Crippen molar-refractivity contribution in [3.05, 3.63) is 42.0 Å². The zero-order valence-corrected chi connectivity index (χ0v) is 13.9. The van der Waals surface area contributed by atoms with E-state index in [0.29, 0.717) is 5.92 Å². The molecule has 0 radical (unpaired) electrons. The Morgan fingerprint density at radius 2 is 1.70 bits per heavy atom. The van der Waals surface area contributed by atoms with Crippen molar-refractivity contribution in [2.24, 2.45) is 35.0 Å². The van der Waals surface area contributed by atoms with Gasteiger partial charge in [0.2, 0.25) is 0 Å². The smallest absolute Gasteiger partial charge is 0.297 e. The van der Waals surface area contributed by atoms with Crippen molar-refractivity contribution in [3.63, 3.8) is 0 Å². The number of fused-ring (bicyclic) bond motifs is 3. The van der Waals surface area contributed by atoms with E-state index in [4.69, 9.17) is 4.18 Å². The largest absolute Gasteiger partial charge is 0.392 e. The first-order chi connectivity index (χ1) is 10.9. The standard InChI is InChI=1S/C18H20O4S/c1-9-3-5-10(6-4-9)23(20,21)22-17-14-12-8-7-11-13(16(14)19)15(17)18(11,12)2/h3-8,11-17,19H,1-2H3. The molecular formula is C18H20O4S. The molecule has 3 fully saturated rings. The summed E-state index contributed by atoms with van der Waals surface area (Å²) in [5.41, 5.74) is 1.10. The van der Waals surface area contributed by atoms with Crippen LogP contribution in [0.1, 0.15) is 12.5 Å². The third-order valence-corrected chi connectivity index (χ3v) is 8.32. The summed E-state index contributed by atoms with van der Waals surface area (Å²) in [5.74, 6) is 0.853. The lowest BCUT2D eigenvalue weighted by Gasteiger charge is -2.59. The van der Waals surface area contributed by atoms with Crippen molar-refractivity contribution in [1.29, 1.82) is 0 Å². The van der Waals surface area contributed by atoms with E-state index in [0.717, 1.165) is 5.56 Å². The maximum Gasteiger partial charge on any atom is 0.297 e. The van der Waals surface area contributed by atoms with Gasteiger partial charge in [0.15, 0.2) is 0 Å². The maximum atomic E-state index is 12.6. The predicted octanol–water partition coefficient (Wildman–Crippen LogP) is 2.13. The van der Waals surface area contributed by atoms with Gasteiger partial charge in [-0.15, -0.1) is 0 Å². The lowest BCUT2D eigenvalue weighted by atomic mass is 9.45. The Bertz CT molecular complexity index is 812. The summed E-state index contributed by atoms with van der Waals surface area (Å²) in [4.78, 5) is 0.198. The van der Waals surface area contributed by atoms with Crippen LogP contribution >= 0.6 is 0 Å². The summed E-state index contributed by atoms with van der Waals surface area (Å²) in [6, 6.07) is 6.73. The molecule has 3 saturated carbocycles. The number of hydrogen-bond donors (Lipinski definition) is 1. The Morgan fingerprint density at radius 3 is 2.35 bits per heavy atom. The lowest BCUT2D eigenvalue weighted by Crippen LogP contribution is -2.59. The molecule has 0 saturated heterocycles. The Kier molecular flexibility index (Phi) is 2.52. The van der Waals surface area contributed by atoms with Gasteiger partial charge in [-0.3, -0.25) is 4.18 Å². The monoisotopic (exact) mass is 332 g/mol. The zero-order chi connectivity index (χ0) is 16.1. The quantitative estimate of drug-likeness (QED) is 0.680. The van der Waals surface area contributed by atoms with Gasteiger partial charge in [-0.05, 0) is 48.1 Å². The number of rotatable bonds is 3. The minimum Gasteiger partial charge on any atom is -0.392 e. The number of benzene rings is 1. The van der Waals surface area contributed by atoms with Gasteiger partial charge in [-0.2, -0.15) is 8.42 Å². The van der Waals surface area contributed by atoms with Gasteiger partial charge in [0.25, 0.3) is 10.1 Å². The minimum atomic E-state index is -3.79. The first-order valence-corrected chi connectivity index (χ1v) is 9.63. The summed E-state index contributed by atoms with van der Waals surface area (Å²) in [6.45, 7) is 4.15. The molecule has 8 atom stereocenters. The number of allylic oxidation sites excluding steroid dienone is 2. The maximum absolute atomic E-state index is 12.6. The molecule has 5 heteroatoms. The molecule has 122 valence electrons. The highest BCUT2D eigenvalue weighted by Crippen LogP contribution is 2.79. The van der Waals surface area contributed by atoms with E-state index in [1.165, 1.54) is 0 Å². The fourth-order valence-electron chi connectivity index (χ4n) is 6.06. The summed E-state index contributed by atoms with van der Waals surface area (Å²) in [6.07, 6.45) is 3.57. The molecule has 23 heavy (non-hydrogen) atoms. The van der Waals surface area contributed by atoms with Crippen molar-refractivity contribution in [1.82, 2.24) is 0 Å². The van der Waals surface area contributed by atoms with Crippen LogP contribution in [0.25, 0.3) is 0 Å². The topological polar surface area (TPSA) is 63.6 Å².